The van der Waals surface area contributed by atoms with E-state index in [1.54, 1.807) is 7.11 Å². The number of carbonyl (C=O) groups is 1. The lowest BCUT2D eigenvalue weighted by atomic mass is 9.68. The summed E-state index contributed by atoms with van der Waals surface area (Å²) in [6, 6.07) is 26.6. The van der Waals surface area contributed by atoms with Crippen molar-refractivity contribution in [3.8, 4) is 5.75 Å². The molecule has 1 fully saturated rings. The number of nitrogens with zero attached hydrogens (tertiary/aromatic N) is 1. The second-order valence-electron chi connectivity index (χ2n) is 9.82. The van der Waals surface area contributed by atoms with Crippen molar-refractivity contribution in [2.75, 3.05) is 20.7 Å². The van der Waals surface area contributed by atoms with E-state index < -0.39 is 5.92 Å². The molecule has 5 rings (SSSR count). The van der Waals surface area contributed by atoms with Crippen molar-refractivity contribution in [3.63, 3.8) is 0 Å². The van der Waals surface area contributed by atoms with E-state index in [2.05, 4.69) is 43.1 Å². The molecule has 0 amide bonds. The minimum absolute atomic E-state index is 0.0277. The first-order valence-corrected chi connectivity index (χ1v) is 12.4. The Hall–Kier alpha value is -3.37. The molecule has 4 nitrogen and oxygen atoms in total. The smallest absolute Gasteiger partial charge is 0.322 e. The predicted molar refractivity (Wildman–Crippen MR) is 139 cm³/mol. The number of hydrogen-bond donors (Lipinski definition) is 0. The van der Waals surface area contributed by atoms with E-state index in [0.29, 0.717) is 0 Å². The van der Waals surface area contributed by atoms with Crippen LogP contribution in [-0.4, -0.2) is 37.6 Å². The molecule has 35 heavy (non-hydrogen) atoms. The molecule has 4 heteroatoms. The number of likely N-dealkylation sites (tertiary alicyclic amines) is 1. The van der Waals surface area contributed by atoms with Gasteiger partial charge >= 0.3 is 5.97 Å². The van der Waals surface area contributed by atoms with Crippen molar-refractivity contribution in [2.24, 2.45) is 0 Å². The third kappa shape index (κ3) is 4.39. The van der Waals surface area contributed by atoms with E-state index in [9.17, 15) is 4.79 Å². The minimum Gasteiger partial charge on any atom is -0.496 e. The van der Waals surface area contributed by atoms with Crippen molar-refractivity contribution in [2.45, 2.75) is 43.6 Å². The zero-order valence-corrected chi connectivity index (χ0v) is 20.7. The highest BCUT2D eigenvalue weighted by molar-refractivity contribution is 5.83. The van der Waals surface area contributed by atoms with Gasteiger partial charge in [0.1, 0.15) is 17.4 Å². The largest absolute Gasteiger partial charge is 0.496 e. The van der Waals surface area contributed by atoms with Gasteiger partial charge in [0.2, 0.25) is 0 Å². The van der Waals surface area contributed by atoms with Crippen LogP contribution in [0.25, 0.3) is 0 Å². The Labute approximate surface area is 208 Å². The number of aryl methyl sites for hydroxylation is 1. The molecule has 0 saturated carbocycles. The van der Waals surface area contributed by atoms with Crippen LogP contribution in [0.3, 0.4) is 0 Å². The molecule has 1 aliphatic heterocycles. The predicted octanol–water partition coefficient (Wildman–Crippen LogP) is 6.00. The Morgan fingerprint density at radius 2 is 1.63 bits per heavy atom. The van der Waals surface area contributed by atoms with E-state index in [1.165, 1.54) is 5.56 Å². The molecule has 0 unspecified atom stereocenters. The van der Waals surface area contributed by atoms with Gasteiger partial charge in [-0.2, -0.15) is 0 Å². The van der Waals surface area contributed by atoms with Crippen LogP contribution >= 0.6 is 0 Å². The molecule has 1 saturated heterocycles. The highest BCUT2D eigenvalue weighted by Crippen LogP contribution is 2.48. The molecule has 0 radical (unpaired) electrons. The van der Waals surface area contributed by atoms with Crippen molar-refractivity contribution >= 4 is 5.97 Å². The van der Waals surface area contributed by atoms with Crippen LogP contribution < -0.4 is 4.74 Å². The molecular formula is C31H33NO3. The highest BCUT2D eigenvalue weighted by atomic mass is 16.5. The first-order valence-electron chi connectivity index (χ1n) is 12.4. The summed E-state index contributed by atoms with van der Waals surface area (Å²) >= 11 is 0. The van der Waals surface area contributed by atoms with Crippen molar-refractivity contribution in [1.29, 1.82) is 0 Å². The third-order valence-corrected chi connectivity index (χ3v) is 7.82. The monoisotopic (exact) mass is 467 g/mol. The van der Waals surface area contributed by atoms with Gasteiger partial charge in [0, 0.05) is 17.9 Å². The van der Waals surface area contributed by atoms with E-state index in [-0.39, 0.29) is 17.4 Å². The van der Waals surface area contributed by atoms with Gasteiger partial charge < -0.3 is 9.47 Å². The third-order valence-electron chi connectivity index (χ3n) is 7.82. The van der Waals surface area contributed by atoms with Crippen LogP contribution in [0.2, 0.25) is 0 Å². The first kappa shape index (κ1) is 23.4. The molecule has 1 aliphatic carbocycles. The van der Waals surface area contributed by atoms with Crippen LogP contribution in [0.1, 0.15) is 47.4 Å². The SMILES string of the molecule is COc1ccc([C@@]23CCC(OC(=O)C(c4ccccc4)c4ccccc4)=C[C@@H]2N(C)CC3)cc1C. The van der Waals surface area contributed by atoms with Gasteiger partial charge in [0.05, 0.1) is 7.11 Å². The van der Waals surface area contributed by atoms with Gasteiger partial charge in [-0.05, 0) is 67.8 Å². The lowest BCUT2D eigenvalue weighted by Gasteiger charge is -2.40. The maximum absolute atomic E-state index is 13.6. The Morgan fingerprint density at radius 3 is 2.23 bits per heavy atom. The normalized spacial score (nSPS) is 21.9. The summed E-state index contributed by atoms with van der Waals surface area (Å²) < 4.78 is 11.6. The van der Waals surface area contributed by atoms with E-state index >= 15 is 0 Å². The molecule has 180 valence electrons. The van der Waals surface area contributed by atoms with Gasteiger partial charge in [-0.3, -0.25) is 9.69 Å². The molecule has 0 bridgehead atoms. The van der Waals surface area contributed by atoms with Crippen LogP contribution in [0.5, 0.6) is 5.75 Å². The zero-order valence-electron chi connectivity index (χ0n) is 20.7. The number of esters is 1. The number of allylic oxidation sites excluding steroid dienone is 1. The molecule has 3 aromatic rings. The molecule has 0 aromatic heterocycles. The second kappa shape index (κ2) is 9.71. The average molecular weight is 468 g/mol. The number of methoxy groups -OCH3 is 1. The molecule has 0 N–H and O–H groups in total. The number of carbonyl (C=O) groups excluding carboxylic acids is 1. The fraction of sp³-hybridized carbons (Fsp3) is 0.323. The van der Waals surface area contributed by atoms with E-state index in [0.717, 1.165) is 54.0 Å². The summed E-state index contributed by atoms with van der Waals surface area (Å²) in [4.78, 5) is 15.9. The molecule has 0 spiro atoms. The zero-order chi connectivity index (χ0) is 24.4. The van der Waals surface area contributed by atoms with E-state index in [1.807, 2.05) is 60.7 Å². The lowest BCUT2D eigenvalue weighted by molar-refractivity contribution is -0.140. The Morgan fingerprint density at radius 1 is 0.971 bits per heavy atom. The highest BCUT2D eigenvalue weighted by Gasteiger charge is 2.48. The van der Waals surface area contributed by atoms with Gasteiger partial charge in [0.25, 0.3) is 0 Å². The summed E-state index contributed by atoms with van der Waals surface area (Å²) in [7, 11) is 3.88. The minimum atomic E-state index is -0.449. The second-order valence-corrected chi connectivity index (χ2v) is 9.82. The number of likely N-dealkylation sites (N-methyl/N-ethyl adjacent to an activating group) is 1. The number of hydrogen-bond acceptors (Lipinski definition) is 4. The van der Waals surface area contributed by atoms with Crippen molar-refractivity contribution < 1.29 is 14.3 Å². The standard InChI is InChI=1S/C31H33NO3/c1-22-20-25(14-15-27(22)34-3)31-17-16-26(21-28(31)32(2)19-18-31)35-30(33)29(23-10-6-4-7-11-23)24-12-8-5-9-13-24/h4-15,20-21,28-29H,16-19H2,1-3H3/t28-,31-/m0/s1. The van der Waals surface area contributed by atoms with Crippen molar-refractivity contribution in [3.05, 3.63) is 113 Å². The Balaban J connectivity index is 1.43. The van der Waals surface area contributed by atoms with Gasteiger partial charge in [-0.15, -0.1) is 0 Å². The van der Waals surface area contributed by atoms with Crippen LogP contribution in [0.15, 0.2) is 90.7 Å². The summed E-state index contributed by atoms with van der Waals surface area (Å²) in [5.74, 6) is 1.03. The summed E-state index contributed by atoms with van der Waals surface area (Å²) in [6.45, 7) is 3.12. The van der Waals surface area contributed by atoms with Gasteiger partial charge in [0.15, 0.2) is 0 Å². The number of benzene rings is 3. The Kier molecular flexibility index (Phi) is 6.48. The van der Waals surface area contributed by atoms with Crippen LogP contribution in [0.4, 0.5) is 0 Å². The summed E-state index contributed by atoms with van der Waals surface area (Å²) in [6.07, 6.45) is 4.99. The average Bonchev–Trinajstić information content (AvgIpc) is 3.22. The molecular weight excluding hydrogens is 434 g/mol. The van der Waals surface area contributed by atoms with Crippen LogP contribution in [0, 0.1) is 6.92 Å². The number of fused-ring (bicyclic) bond motifs is 1. The topological polar surface area (TPSA) is 38.8 Å². The molecule has 3 aromatic carbocycles. The van der Waals surface area contributed by atoms with Gasteiger partial charge in [-0.1, -0.05) is 72.8 Å². The summed E-state index contributed by atoms with van der Waals surface area (Å²) in [5, 5.41) is 0. The first-order chi connectivity index (χ1) is 17.0. The number of ether oxygens (including phenoxy) is 2. The maximum Gasteiger partial charge on any atom is 0.322 e. The fourth-order valence-electron chi connectivity index (χ4n) is 5.93. The Bertz CT molecular complexity index is 1180. The quantitative estimate of drug-likeness (QED) is 0.417. The molecule has 2 aliphatic rings. The molecule has 2 atom stereocenters. The summed E-state index contributed by atoms with van der Waals surface area (Å²) in [5.41, 5.74) is 4.42. The fourth-order valence-corrected chi connectivity index (χ4v) is 5.93. The maximum atomic E-state index is 13.6. The van der Waals surface area contributed by atoms with E-state index in [4.69, 9.17) is 9.47 Å². The lowest BCUT2D eigenvalue weighted by Crippen LogP contribution is -2.42. The van der Waals surface area contributed by atoms with Gasteiger partial charge in [-0.25, -0.2) is 0 Å². The van der Waals surface area contributed by atoms with Crippen LogP contribution in [-0.2, 0) is 14.9 Å². The molecule has 1 heterocycles. The van der Waals surface area contributed by atoms with Crippen molar-refractivity contribution in [1.82, 2.24) is 4.90 Å². The number of rotatable bonds is 6.